The summed E-state index contributed by atoms with van der Waals surface area (Å²) in [5, 5.41) is 12.8. The Labute approximate surface area is 121 Å². The molecule has 0 bridgehead atoms. The topological polar surface area (TPSA) is 105 Å². The summed E-state index contributed by atoms with van der Waals surface area (Å²) in [7, 11) is 1.55. The van der Waals surface area contributed by atoms with E-state index < -0.39 is 17.4 Å². The van der Waals surface area contributed by atoms with Crippen molar-refractivity contribution in [3.05, 3.63) is 20.8 Å². The lowest BCUT2D eigenvalue weighted by Gasteiger charge is -2.11. The van der Waals surface area contributed by atoms with Gasteiger partial charge in [-0.15, -0.1) is 0 Å². The van der Waals surface area contributed by atoms with E-state index in [0.29, 0.717) is 18.1 Å². The van der Waals surface area contributed by atoms with E-state index in [-0.39, 0.29) is 12.1 Å². The third kappa shape index (κ3) is 2.99. The summed E-state index contributed by atoms with van der Waals surface area (Å²) in [5.74, 6) is 0.492. The Kier molecular flexibility index (Phi) is 4.46. The SMILES string of the molecule is CCCCNc1nc2c(c(=O)[nH]c(=O)n2C)n1C[C@H](C)O. The first kappa shape index (κ1) is 15.3. The van der Waals surface area contributed by atoms with Gasteiger partial charge in [0.05, 0.1) is 12.6 Å². The third-order valence-electron chi connectivity index (χ3n) is 3.27. The molecule has 2 aromatic rings. The molecule has 0 saturated carbocycles. The molecule has 0 radical (unpaired) electrons. The highest BCUT2D eigenvalue weighted by atomic mass is 16.3. The van der Waals surface area contributed by atoms with Gasteiger partial charge in [-0.3, -0.25) is 14.3 Å². The molecule has 21 heavy (non-hydrogen) atoms. The maximum atomic E-state index is 12.1. The van der Waals surface area contributed by atoms with Crippen molar-refractivity contribution >= 4 is 17.1 Å². The summed E-state index contributed by atoms with van der Waals surface area (Å²) in [5.41, 5.74) is -0.403. The van der Waals surface area contributed by atoms with E-state index in [4.69, 9.17) is 0 Å². The van der Waals surface area contributed by atoms with Crippen molar-refractivity contribution in [3.63, 3.8) is 0 Å². The normalized spacial score (nSPS) is 12.8. The van der Waals surface area contributed by atoms with Crippen LogP contribution in [-0.2, 0) is 13.6 Å². The predicted octanol–water partition coefficient (Wildman–Crippen LogP) is 0.0161. The van der Waals surface area contributed by atoms with Crippen LogP contribution < -0.4 is 16.6 Å². The molecule has 0 fully saturated rings. The predicted molar refractivity (Wildman–Crippen MR) is 80.7 cm³/mol. The number of anilines is 1. The average molecular weight is 295 g/mol. The molecule has 0 aliphatic rings. The molecule has 0 unspecified atom stereocenters. The van der Waals surface area contributed by atoms with Gasteiger partial charge in [-0.1, -0.05) is 13.3 Å². The minimum atomic E-state index is -0.634. The van der Waals surface area contributed by atoms with E-state index in [0.717, 1.165) is 12.8 Å². The van der Waals surface area contributed by atoms with Crippen LogP contribution in [-0.4, -0.2) is 36.9 Å². The lowest BCUT2D eigenvalue weighted by molar-refractivity contribution is 0.175. The maximum Gasteiger partial charge on any atom is 0.329 e. The van der Waals surface area contributed by atoms with Crippen molar-refractivity contribution in [1.82, 2.24) is 19.1 Å². The van der Waals surface area contributed by atoms with E-state index in [1.54, 1.807) is 18.5 Å². The largest absolute Gasteiger partial charge is 0.392 e. The quantitative estimate of drug-likeness (QED) is 0.651. The van der Waals surface area contributed by atoms with Crippen molar-refractivity contribution < 1.29 is 5.11 Å². The van der Waals surface area contributed by atoms with E-state index >= 15 is 0 Å². The van der Waals surface area contributed by atoms with Crippen molar-refractivity contribution in [2.45, 2.75) is 39.3 Å². The molecule has 2 rings (SSSR count). The fraction of sp³-hybridized carbons (Fsp3) is 0.615. The minimum absolute atomic E-state index is 0.228. The Bertz CT molecular complexity index is 741. The van der Waals surface area contributed by atoms with Crippen LogP contribution in [0.5, 0.6) is 0 Å². The minimum Gasteiger partial charge on any atom is -0.392 e. The summed E-state index contributed by atoms with van der Waals surface area (Å²) in [6.45, 7) is 4.66. The zero-order valence-electron chi connectivity index (χ0n) is 12.5. The number of fused-ring (bicyclic) bond motifs is 1. The summed E-state index contributed by atoms with van der Waals surface area (Å²) in [6.07, 6.45) is 1.36. The number of aromatic amines is 1. The fourth-order valence-electron chi connectivity index (χ4n) is 2.19. The first-order chi connectivity index (χ1) is 9.95. The number of nitrogens with one attached hydrogen (secondary N) is 2. The third-order valence-corrected chi connectivity index (χ3v) is 3.27. The van der Waals surface area contributed by atoms with Crippen LogP contribution in [0.1, 0.15) is 26.7 Å². The number of imidazole rings is 1. The lowest BCUT2D eigenvalue weighted by Crippen LogP contribution is -2.29. The number of unbranched alkanes of at least 4 members (excludes halogenated alkanes) is 1. The van der Waals surface area contributed by atoms with Gasteiger partial charge in [0.15, 0.2) is 11.2 Å². The lowest BCUT2D eigenvalue weighted by atomic mass is 10.3. The number of rotatable bonds is 6. The molecule has 0 aliphatic carbocycles. The highest BCUT2D eigenvalue weighted by Crippen LogP contribution is 2.16. The molecule has 3 N–H and O–H groups in total. The summed E-state index contributed by atoms with van der Waals surface area (Å²) in [6, 6.07) is 0. The van der Waals surface area contributed by atoms with Gasteiger partial charge in [-0.25, -0.2) is 4.79 Å². The standard InChI is InChI=1S/C13H21N5O3/c1-4-5-6-14-12-15-10-9(18(12)7-8(2)19)11(20)16-13(21)17(10)3/h8,19H,4-7H2,1-3H3,(H,14,15)(H,16,20,21)/t8-/m0/s1. The van der Waals surface area contributed by atoms with Crippen LogP contribution in [0.15, 0.2) is 9.59 Å². The number of hydrogen-bond donors (Lipinski definition) is 3. The zero-order chi connectivity index (χ0) is 15.6. The number of nitrogens with zero attached hydrogens (tertiary/aromatic N) is 3. The van der Waals surface area contributed by atoms with Gasteiger partial charge in [0.2, 0.25) is 5.95 Å². The smallest absolute Gasteiger partial charge is 0.329 e. The molecule has 0 spiro atoms. The van der Waals surface area contributed by atoms with Crippen LogP contribution >= 0.6 is 0 Å². The molecule has 0 amide bonds. The van der Waals surface area contributed by atoms with E-state index in [1.807, 2.05) is 0 Å². The highest BCUT2D eigenvalue weighted by Gasteiger charge is 2.17. The molecular weight excluding hydrogens is 274 g/mol. The molecule has 8 heteroatoms. The summed E-state index contributed by atoms with van der Waals surface area (Å²) >= 11 is 0. The first-order valence-corrected chi connectivity index (χ1v) is 7.07. The second-order valence-corrected chi connectivity index (χ2v) is 5.17. The number of H-pyrrole nitrogens is 1. The Morgan fingerprint density at radius 2 is 2.14 bits per heavy atom. The molecular formula is C13H21N5O3. The van der Waals surface area contributed by atoms with Gasteiger partial charge < -0.3 is 15.0 Å². The maximum absolute atomic E-state index is 12.1. The number of aliphatic hydroxyl groups is 1. The van der Waals surface area contributed by atoms with Crippen LogP contribution in [0.3, 0.4) is 0 Å². The van der Waals surface area contributed by atoms with Gasteiger partial charge in [-0.2, -0.15) is 4.98 Å². The van der Waals surface area contributed by atoms with Crippen LogP contribution in [0.4, 0.5) is 5.95 Å². The second kappa shape index (κ2) is 6.13. The molecule has 8 nitrogen and oxygen atoms in total. The van der Waals surface area contributed by atoms with Crippen molar-refractivity contribution in [1.29, 1.82) is 0 Å². The van der Waals surface area contributed by atoms with E-state index in [1.165, 1.54) is 4.57 Å². The highest BCUT2D eigenvalue weighted by molar-refractivity contribution is 5.74. The zero-order valence-corrected chi connectivity index (χ0v) is 12.5. The van der Waals surface area contributed by atoms with Crippen molar-refractivity contribution in [2.75, 3.05) is 11.9 Å². The van der Waals surface area contributed by atoms with Gasteiger partial charge in [0.1, 0.15) is 0 Å². The van der Waals surface area contributed by atoms with Crippen molar-refractivity contribution in [2.24, 2.45) is 7.05 Å². The molecule has 0 aromatic carbocycles. The average Bonchev–Trinajstić information content (AvgIpc) is 2.75. The van der Waals surface area contributed by atoms with E-state index in [2.05, 4.69) is 22.2 Å². The van der Waals surface area contributed by atoms with Crippen LogP contribution in [0.2, 0.25) is 0 Å². The first-order valence-electron chi connectivity index (χ1n) is 7.07. The molecule has 0 saturated heterocycles. The molecule has 2 heterocycles. The van der Waals surface area contributed by atoms with Crippen LogP contribution in [0, 0.1) is 0 Å². The van der Waals surface area contributed by atoms with Gasteiger partial charge >= 0.3 is 5.69 Å². The van der Waals surface area contributed by atoms with Gasteiger partial charge in [-0.05, 0) is 13.3 Å². The Morgan fingerprint density at radius 3 is 2.76 bits per heavy atom. The van der Waals surface area contributed by atoms with Crippen LogP contribution in [0.25, 0.3) is 11.2 Å². The number of aliphatic hydroxyl groups excluding tert-OH is 1. The van der Waals surface area contributed by atoms with Crippen molar-refractivity contribution in [3.8, 4) is 0 Å². The Balaban J connectivity index is 2.61. The molecule has 116 valence electrons. The summed E-state index contributed by atoms with van der Waals surface area (Å²) < 4.78 is 2.91. The monoisotopic (exact) mass is 295 g/mol. The number of hydrogen-bond acceptors (Lipinski definition) is 5. The Hall–Kier alpha value is -2.09. The molecule has 0 aliphatic heterocycles. The Morgan fingerprint density at radius 1 is 1.43 bits per heavy atom. The molecule has 1 atom stereocenters. The number of aromatic nitrogens is 4. The second-order valence-electron chi connectivity index (χ2n) is 5.17. The van der Waals surface area contributed by atoms with Gasteiger partial charge in [0, 0.05) is 13.6 Å². The summed E-state index contributed by atoms with van der Waals surface area (Å²) in [4.78, 5) is 30.3. The fourth-order valence-corrected chi connectivity index (χ4v) is 2.19. The number of aryl methyl sites for hydroxylation is 1. The molecule has 2 aromatic heterocycles. The van der Waals surface area contributed by atoms with Gasteiger partial charge in [0.25, 0.3) is 5.56 Å². The van der Waals surface area contributed by atoms with E-state index in [9.17, 15) is 14.7 Å².